The zero-order valence-electron chi connectivity index (χ0n) is 12.1. The van der Waals surface area contributed by atoms with E-state index in [0.29, 0.717) is 10.9 Å². The normalized spacial score (nSPS) is 11.5. The molecule has 1 aromatic heterocycles. The summed E-state index contributed by atoms with van der Waals surface area (Å²) in [5.74, 6) is -0.693. The SMILES string of the molecule is O=C(Nc1ccc(C(F)(F)F)cc1)c1c[nH]c2ccccc2c1=O. The van der Waals surface area contributed by atoms with Gasteiger partial charge < -0.3 is 10.3 Å². The van der Waals surface area contributed by atoms with E-state index < -0.39 is 23.1 Å². The molecule has 4 nitrogen and oxygen atoms in total. The molecule has 24 heavy (non-hydrogen) atoms. The van der Waals surface area contributed by atoms with Crippen molar-refractivity contribution in [2.24, 2.45) is 0 Å². The van der Waals surface area contributed by atoms with Crippen molar-refractivity contribution in [3.63, 3.8) is 0 Å². The Morgan fingerprint density at radius 1 is 1.00 bits per heavy atom. The fraction of sp³-hybridized carbons (Fsp3) is 0.0588. The van der Waals surface area contributed by atoms with E-state index in [1.165, 1.54) is 6.20 Å². The molecule has 7 heteroatoms. The minimum absolute atomic E-state index is 0.117. The number of aromatic nitrogens is 1. The summed E-state index contributed by atoms with van der Waals surface area (Å²) in [6, 6.07) is 10.7. The highest BCUT2D eigenvalue weighted by Crippen LogP contribution is 2.29. The molecule has 0 atom stereocenters. The van der Waals surface area contributed by atoms with Crippen molar-refractivity contribution in [3.05, 3.63) is 76.1 Å². The van der Waals surface area contributed by atoms with Crippen molar-refractivity contribution in [3.8, 4) is 0 Å². The van der Waals surface area contributed by atoms with E-state index in [4.69, 9.17) is 0 Å². The van der Waals surface area contributed by atoms with Crippen LogP contribution in [0.5, 0.6) is 0 Å². The van der Waals surface area contributed by atoms with Crippen LogP contribution >= 0.6 is 0 Å². The summed E-state index contributed by atoms with van der Waals surface area (Å²) in [5.41, 5.74) is -0.624. The average molecular weight is 332 g/mol. The van der Waals surface area contributed by atoms with Gasteiger partial charge in [0.15, 0.2) is 0 Å². The van der Waals surface area contributed by atoms with Gasteiger partial charge in [-0.05, 0) is 36.4 Å². The van der Waals surface area contributed by atoms with Gasteiger partial charge in [0.2, 0.25) is 5.43 Å². The van der Waals surface area contributed by atoms with Gasteiger partial charge in [-0.1, -0.05) is 12.1 Å². The molecule has 0 bridgehead atoms. The molecule has 0 unspecified atom stereocenters. The summed E-state index contributed by atoms with van der Waals surface area (Å²) < 4.78 is 37.5. The summed E-state index contributed by atoms with van der Waals surface area (Å²) >= 11 is 0. The Morgan fingerprint density at radius 3 is 2.33 bits per heavy atom. The highest BCUT2D eigenvalue weighted by molar-refractivity contribution is 6.05. The van der Waals surface area contributed by atoms with Gasteiger partial charge >= 0.3 is 6.18 Å². The van der Waals surface area contributed by atoms with Crippen molar-refractivity contribution in [2.75, 3.05) is 5.32 Å². The molecule has 0 aliphatic carbocycles. The van der Waals surface area contributed by atoms with Crippen LogP contribution in [0.1, 0.15) is 15.9 Å². The first-order valence-electron chi connectivity index (χ1n) is 6.95. The minimum Gasteiger partial charge on any atom is -0.360 e. The number of para-hydroxylation sites is 1. The molecule has 0 saturated carbocycles. The summed E-state index contributed by atoms with van der Waals surface area (Å²) in [6.07, 6.45) is -3.16. The van der Waals surface area contributed by atoms with E-state index in [1.54, 1.807) is 24.3 Å². The monoisotopic (exact) mass is 332 g/mol. The van der Waals surface area contributed by atoms with E-state index in [1.807, 2.05) is 0 Å². The third kappa shape index (κ3) is 3.01. The van der Waals surface area contributed by atoms with Crippen LogP contribution in [0.4, 0.5) is 18.9 Å². The van der Waals surface area contributed by atoms with Crippen LogP contribution in [0.3, 0.4) is 0 Å². The zero-order chi connectivity index (χ0) is 17.3. The lowest BCUT2D eigenvalue weighted by Crippen LogP contribution is -2.22. The van der Waals surface area contributed by atoms with Crippen LogP contribution in [-0.2, 0) is 6.18 Å². The van der Waals surface area contributed by atoms with Crippen molar-refractivity contribution in [1.29, 1.82) is 0 Å². The Morgan fingerprint density at radius 2 is 1.67 bits per heavy atom. The topological polar surface area (TPSA) is 62.0 Å². The van der Waals surface area contributed by atoms with Gasteiger partial charge in [-0.15, -0.1) is 0 Å². The lowest BCUT2D eigenvalue weighted by molar-refractivity contribution is -0.137. The number of carbonyl (C=O) groups excluding carboxylic acids is 1. The Hall–Kier alpha value is -3.09. The quantitative estimate of drug-likeness (QED) is 0.750. The maximum atomic E-state index is 12.5. The van der Waals surface area contributed by atoms with E-state index in [9.17, 15) is 22.8 Å². The Balaban J connectivity index is 1.88. The molecular weight excluding hydrogens is 321 g/mol. The van der Waals surface area contributed by atoms with Gasteiger partial charge in [0, 0.05) is 22.8 Å². The summed E-state index contributed by atoms with van der Waals surface area (Å²) in [5, 5.41) is 2.77. The van der Waals surface area contributed by atoms with Gasteiger partial charge in [0.25, 0.3) is 5.91 Å². The molecule has 122 valence electrons. The maximum absolute atomic E-state index is 12.5. The number of hydrogen-bond donors (Lipinski definition) is 2. The fourth-order valence-electron chi connectivity index (χ4n) is 2.28. The number of nitrogens with one attached hydrogen (secondary N) is 2. The third-order valence-electron chi connectivity index (χ3n) is 3.50. The Kier molecular flexibility index (Phi) is 3.84. The number of aromatic amines is 1. The number of rotatable bonds is 2. The highest BCUT2D eigenvalue weighted by atomic mass is 19.4. The van der Waals surface area contributed by atoms with Gasteiger partial charge in [0.1, 0.15) is 5.56 Å². The lowest BCUT2D eigenvalue weighted by atomic mass is 10.1. The second kappa shape index (κ2) is 5.84. The van der Waals surface area contributed by atoms with Crippen molar-refractivity contribution >= 4 is 22.5 Å². The summed E-state index contributed by atoms with van der Waals surface area (Å²) in [4.78, 5) is 27.4. The predicted octanol–water partition coefficient (Wildman–Crippen LogP) is 3.80. The number of H-pyrrole nitrogens is 1. The van der Waals surface area contributed by atoms with E-state index in [2.05, 4.69) is 10.3 Å². The summed E-state index contributed by atoms with van der Waals surface area (Å²) in [7, 11) is 0. The Bertz CT molecular complexity index is 960. The molecule has 2 N–H and O–H groups in total. The van der Waals surface area contributed by atoms with Crippen LogP contribution in [0, 0.1) is 0 Å². The zero-order valence-corrected chi connectivity index (χ0v) is 12.1. The van der Waals surface area contributed by atoms with E-state index in [-0.39, 0.29) is 11.3 Å². The van der Waals surface area contributed by atoms with Gasteiger partial charge in [-0.3, -0.25) is 9.59 Å². The molecule has 0 radical (unpaired) electrons. The van der Waals surface area contributed by atoms with Gasteiger partial charge in [0.05, 0.1) is 5.56 Å². The van der Waals surface area contributed by atoms with Crippen molar-refractivity contribution < 1.29 is 18.0 Å². The number of amides is 1. The standard InChI is InChI=1S/C17H11F3N2O2/c18-17(19,20)10-5-7-11(8-6-10)22-16(24)13-9-21-14-4-2-1-3-12(14)15(13)23/h1-9H,(H,21,23)(H,22,24). The smallest absolute Gasteiger partial charge is 0.360 e. The van der Waals surface area contributed by atoms with Crippen LogP contribution in [0.25, 0.3) is 10.9 Å². The molecule has 0 fully saturated rings. The van der Waals surface area contributed by atoms with E-state index in [0.717, 1.165) is 24.3 Å². The molecule has 1 amide bonds. The molecular formula is C17H11F3N2O2. The van der Waals surface area contributed by atoms with Crippen LogP contribution in [0.2, 0.25) is 0 Å². The van der Waals surface area contributed by atoms with Crippen molar-refractivity contribution in [1.82, 2.24) is 4.98 Å². The van der Waals surface area contributed by atoms with E-state index >= 15 is 0 Å². The molecule has 1 heterocycles. The van der Waals surface area contributed by atoms with Crippen LogP contribution in [0.15, 0.2) is 59.5 Å². The number of pyridine rings is 1. The lowest BCUT2D eigenvalue weighted by Gasteiger charge is -2.09. The second-order valence-corrected chi connectivity index (χ2v) is 5.11. The molecule has 3 rings (SSSR count). The molecule has 0 aliphatic rings. The largest absolute Gasteiger partial charge is 0.416 e. The van der Waals surface area contributed by atoms with Crippen LogP contribution in [-0.4, -0.2) is 10.9 Å². The molecule has 0 saturated heterocycles. The number of anilines is 1. The molecule has 3 aromatic rings. The number of halogens is 3. The first kappa shape index (κ1) is 15.8. The molecule has 0 spiro atoms. The van der Waals surface area contributed by atoms with Gasteiger partial charge in [-0.2, -0.15) is 13.2 Å². The fourth-order valence-corrected chi connectivity index (χ4v) is 2.28. The average Bonchev–Trinajstić information content (AvgIpc) is 2.55. The van der Waals surface area contributed by atoms with Crippen LogP contribution < -0.4 is 10.7 Å². The minimum atomic E-state index is -4.45. The number of alkyl halides is 3. The number of carbonyl (C=O) groups is 1. The maximum Gasteiger partial charge on any atom is 0.416 e. The molecule has 0 aliphatic heterocycles. The highest BCUT2D eigenvalue weighted by Gasteiger charge is 2.30. The molecule has 2 aromatic carbocycles. The third-order valence-corrected chi connectivity index (χ3v) is 3.50. The number of fused-ring (bicyclic) bond motifs is 1. The Labute approximate surface area is 133 Å². The predicted molar refractivity (Wildman–Crippen MR) is 84.0 cm³/mol. The van der Waals surface area contributed by atoms with Crippen molar-refractivity contribution in [2.45, 2.75) is 6.18 Å². The number of hydrogen-bond acceptors (Lipinski definition) is 2. The first-order chi connectivity index (χ1) is 11.4. The number of benzene rings is 2. The second-order valence-electron chi connectivity index (χ2n) is 5.11. The van der Waals surface area contributed by atoms with Gasteiger partial charge in [-0.25, -0.2) is 0 Å². The first-order valence-corrected chi connectivity index (χ1v) is 6.95. The summed E-state index contributed by atoms with van der Waals surface area (Å²) in [6.45, 7) is 0.